The number of sulfonamides is 1. The Labute approximate surface area is 219 Å². The van der Waals surface area contributed by atoms with Gasteiger partial charge in [-0.2, -0.15) is 17.5 Å². The minimum absolute atomic E-state index is 0. The van der Waals surface area contributed by atoms with Crippen LogP contribution in [0.2, 0.25) is 5.02 Å². The lowest BCUT2D eigenvalue weighted by Gasteiger charge is -2.51. The molecule has 0 atom stereocenters. The summed E-state index contributed by atoms with van der Waals surface area (Å²) >= 11 is 5.70. The minimum Gasteiger partial charge on any atom is -0.295 e. The summed E-state index contributed by atoms with van der Waals surface area (Å²) in [4.78, 5) is 14.8. The van der Waals surface area contributed by atoms with Crippen LogP contribution in [0.15, 0.2) is 18.2 Å². The second-order valence-electron chi connectivity index (χ2n) is 9.39. The Morgan fingerprint density at radius 3 is 2.17 bits per heavy atom. The predicted octanol–water partition coefficient (Wildman–Crippen LogP) is 6.05. The predicted molar refractivity (Wildman–Crippen MR) is 131 cm³/mol. The van der Waals surface area contributed by atoms with Crippen molar-refractivity contribution in [2.24, 2.45) is 0 Å². The summed E-state index contributed by atoms with van der Waals surface area (Å²) in [6.07, 6.45) is -5.01. The zero-order chi connectivity index (χ0) is 26.1. The van der Waals surface area contributed by atoms with Gasteiger partial charge in [-0.05, 0) is 43.9 Å². The number of Topliss-reactive ketones (excluding diaryl/α,β-unsaturated/α-hetero) is 1. The van der Waals surface area contributed by atoms with Gasteiger partial charge >= 0.3 is 6.18 Å². The number of carbonyl (C=O) groups is 1. The maximum Gasteiger partial charge on any atom is 0.417 e. The van der Waals surface area contributed by atoms with Gasteiger partial charge in [0.2, 0.25) is 15.9 Å². The molecule has 0 unspecified atom stereocenters. The number of piperazine rings is 1. The average molecular weight is 581 g/mol. The SMILES string of the molecule is CCCS(=O)(=O)N1CCN(C2(CCC(=O)c3ccc(Cl)cc3C(F)(F)F)CCC(F)(F)CC2)CC1.Cl. The molecular weight excluding hydrogens is 550 g/mol. The number of rotatable bonds is 8. The molecule has 0 amide bonds. The summed E-state index contributed by atoms with van der Waals surface area (Å²) in [5.74, 6) is -3.53. The molecule has 2 fully saturated rings. The van der Waals surface area contributed by atoms with Crippen molar-refractivity contribution in [3.63, 3.8) is 0 Å². The molecule has 1 aliphatic heterocycles. The highest BCUT2D eigenvalue weighted by Gasteiger charge is 2.47. The van der Waals surface area contributed by atoms with E-state index in [1.54, 1.807) is 6.92 Å². The Hall–Kier alpha value is -1.01. The van der Waals surface area contributed by atoms with E-state index in [0.717, 1.165) is 6.07 Å². The lowest BCUT2D eigenvalue weighted by molar-refractivity contribution is -0.137. The summed E-state index contributed by atoms with van der Waals surface area (Å²) in [5.41, 5.74) is -2.41. The van der Waals surface area contributed by atoms with E-state index in [1.165, 1.54) is 10.4 Å². The van der Waals surface area contributed by atoms with Crippen LogP contribution in [-0.2, 0) is 16.2 Å². The highest BCUT2D eigenvalue weighted by molar-refractivity contribution is 7.89. The molecule has 0 radical (unpaired) electrons. The molecule has 1 aliphatic carbocycles. The first-order valence-corrected chi connectivity index (χ1v) is 13.7. The summed E-state index contributed by atoms with van der Waals surface area (Å²) in [6.45, 7) is 2.83. The van der Waals surface area contributed by atoms with Gasteiger partial charge in [-0.1, -0.05) is 18.5 Å². The maximum absolute atomic E-state index is 14.0. The standard InChI is InChI=1S/C23H30ClF5N2O3S.ClH/c1-2-15-35(33,34)31-13-11-30(12-14-31)21(7-9-22(25,26)10-8-21)6-5-20(32)18-4-3-17(24)16-19(18)23(27,28)29;/h3-4,16H,2,5-15H2,1H3;1H. The van der Waals surface area contributed by atoms with Gasteiger partial charge in [0.1, 0.15) is 0 Å². The lowest BCUT2D eigenvalue weighted by Crippen LogP contribution is -2.60. The monoisotopic (exact) mass is 580 g/mol. The third kappa shape index (κ3) is 7.30. The molecule has 36 heavy (non-hydrogen) atoms. The molecule has 13 heteroatoms. The number of alkyl halides is 5. The molecule has 0 N–H and O–H groups in total. The van der Waals surface area contributed by atoms with Crippen LogP contribution in [0.1, 0.15) is 67.8 Å². The van der Waals surface area contributed by atoms with Crippen molar-refractivity contribution in [2.45, 2.75) is 69.5 Å². The quantitative estimate of drug-likeness (QED) is 0.277. The molecule has 206 valence electrons. The van der Waals surface area contributed by atoms with Gasteiger partial charge in [0, 0.05) is 61.6 Å². The van der Waals surface area contributed by atoms with Crippen molar-refractivity contribution in [3.8, 4) is 0 Å². The molecule has 0 aromatic heterocycles. The van der Waals surface area contributed by atoms with Gasteiger partial charge in [0.05, 0.1) is 11.3 Å². The van der Waals surface area contributed by atoms with E-state index >= 15 is 0 Å². The molecule has 0 bridgehead atoms. The van der Waals surface area contributed by atoms with Gasteiger partial charge < -0.3 is 0 Å². The van der Waals surface area contributed by atoms with E-state index in [9.17, 15) is 35.2 Å². The molecule has 1 heterocycles. The van der Waals surface area contributed by atoms with Crippen LogP contribution in [0.3, 0.4) is 0 Å². The third-order valence-corrected chi connectivity index (χ3v) is 9.39. The highest BCUT2D eigenvalue weighted by Crippen LogP contribution is 2.45. The number of hydrogen-bond donors (Lipinski definition) is 0. The van der Waals surface area contributed by atoms with Crippen molar-refractivity contribution < 1.29 is 35.2 Å². The van der Waals surface area contributed by atoms with E-state index in [0.29, 0.717) is 25.6 Å². The number of hydrogen-bond acceptors (Lipinski definition) is 4. The number of nitrogens with zero attached hydrogens (tertiary/aromatic N) is 2. The van der Waals surface area contributed by atoms with Crippen LogP contribution in [-0.4, -0.2) is 66.8 Å². The van der Waals surface area contributed by atoms with Gasteiger partial charge in [0.25, 0.3) is 0 Å². The van der Waals surface area contributed by atoms with E-state index in [4.69, 9.17) is 11.6 Å². The fourth-order valence-electron chi connectivity index (χ4n) is 5.11. The highest BCUT2D eigenvalue weighted by atomic mass is 35.5. The molecule has 1 aromatic carbocycles. The van der Waals surface area contributed by atoms with Crippen LogP contribution in [0.25, 0.3) is 0 Å². The zero-order valence-electron chi connectivity index (χ0n) is 19.9. The molecule has 1 aromatic rings. The summed E-state index contributed by atoms with van der Waals surface area (Å²) < 4.78 is 94.6. The Balaban J connectivity index is 0.00000456. The molecule has 5 nitrogen and oxygen atoms in total. The van der Waals surface area contributed by atoms with Crippen LogP contribution in [0.4, 0.5) is 22.0 Å². The second-order valence-corrected chi connectivity index (χ2v) is 11.9. The van der Waals surface area contributed by atoms with Crippen molar-refractivity contribution in [3.05, 3.63) is 34.3 Å². The summed E-state index contributed by atoms with van der Waals surface area (Å²) in [5, 5.41) is -0.143. The Bertz CT molecular complexity index is 1020. The Kier molecular flexibility index (Phi) is 10.2. The molecule has 0 spiro atoms. The minimum atomic E-state index is -4.76. The zero-order valence-corrected chi connectivity index (χ0v) is 22.3. The molecule has 3 rings (SSSR count). The van der Waals surface area contributed by atoms with Crippen molar-refractivity contribution >= 4 is 39.8 Å². The van der Waals surface area contributed by atoms with Gasteiger partial charge in [-0.3, -0.25) is 9.69 Å². The van der Waals surface area contributed by atoms with Crippen LogP contribution < -0.4 is 0 Å². The van der Waals surface area contributed by atoms with E-state index in [-0.39, 0.29) is 74.8 Å². The van der Waals surface area contributed by atoms with Gasteiger partial charge in [-0.15, -0.1) is 12.4 Å². The molecule has 1 saturated carbocycles. The number of carbonyl (C=O) groups excluding carboxylic acids is 1. The maximum atomic E-state index is 14.0. The van der Waals surface area contributed by atoms with E-state index in [2.05, 4.69) is 0 Å². The second kappa shape index (κ2) is 11.8. The molecule has 1 saturated heterocycles. The number of ketones is 1. The van der Waals surface area contributed by atoms with E-state index < -0.39 is 44.6 Å². The van der Waals surface area contributed by atoms with E-state index in [1.807, 2.05) is 4.90 Å². The summed E-state index contributed by atoms with van der Waals surface area (Å²) in [6, 6.07) is 2.98. The van der Waals surface area contributed by atoms with Crippen LogP contribution >= 0.6 is 24.0 Å². The Morgan fingerprint density at radius 2 is 1.64 bits per heavy atom. The first kappa shape index (κ1) is 31.2. The molecule has 2 aliphatic rings. The summed E-state index contributed by atoms with van der Waals surface area (Å²) in [7, 11) is -3.39. The van der Waals surface area contributed by atoms with Crippen LogP contribution in [0, 0.1) is 0 Å². The third-order valence-electron chi connectivity index (χ3n) is 7.08. The number of benzene rings is 1. The van der Waals surface area contributed by atoms with Crippen molar-refractivity contribution in [1.82, 2.24) is 9.21 Å². The topological polar surface area (TPSA) is 57.7 Å². The Morgan fingerprint density at radius 1 is 1.06 bits per heavy atom. The largest absolute Gasteiger partial charge is 0.417 e. The molecular formula is C23H31Cl2F5N2O3S. The normalized spacial score (nSPS) is 21.1. The van der Waals surface area contributed by atoms with Crippen molar-refractivity contribution in [1.29, 1.82) is 0 Å². The number of halogens is 7. The first-order valence-electron chi connectivity index (χ1n) is 11.7. The fourth-order valence-corrected chi connectivity index (χ4v) is 6.77. The average Bonchev–Trinajstić information content (AvgIpc) is 2.78. The lowest BCUT2D eigenvalue weighted by atomic mass is 9.74. The van der Waals surface area contributed by atoms with Crippen molar-refractivity contribution in [2.75, 3.05) is 31.9 Å². The fraction of sp³-hybridized carbons (Fsp3) is 0.696. The smallest absolute Gasteiger partial charge is 0.295 e. The van der Waals surface area contributed by atoms with Crippen LogP contribution in [0.5, 0.6) is 0 Å². The van der Waals surface area contributed by atoms with Gasteiger partial charge in [-0.25, -0.2) is 17.2 Å². The first-order chi connectivity index (χ1) is 16.2. The van der Waals surface area contributed by atoms with Gasteiger partial charge in [0.15, 0.2) is 5.78 Å².